The number of benzene rings is 4. The summed E-state index contributed by atoms with van der Waals surface area (Å²) in [6.45, 7) is 0. The molecule has 0 spiro atoms. The van der Waals surface area contributed by atoms with Crippen LogP contribution in [0, 0.1) is 0 Å². The lowest BCUT2D eigenvalue weighted by molar-refractivity contribution is -0.113. The van der Waals surface area contributed by atoms with Crippen molar-refractivity contribution in [3.8, 4) is 16.9 Å². The van der Waals surface area contributed by atoms with Crippen LogP contribution in [0.25, 0.3) is 22.9 Å². The summed E-state index contributed by atoms with van der Waals surface area (Å²) in [6.07, 6.45) is 3.88. The fourth-order valence-corrected chi connectivity index (χ4v) is 4.01. The Hall–Kier alpha value is -4.37. The van der Waals surface area contributed by atoms with Crippen molar-refractivity contribution >= 4 is 23.4 Å². The number of hydrogen-bond acceptors (Lipinski definition) is 2. The zero-order valence-electron chi connectivity index (χ0n) is 18.3. The molecule has 1 amide bonds. The highest BCUT2D eigenvalue weighted by Crippen LogP contribution is 2.36. The first-order valence-electron chi connectivity index (χ1n) is 10.9. The summed E-state index contributed by atoms with van der Waals surface area (Å²) in [5, 5.41) is 0. The molecular formula is C30H23NO2. The SMILES string of the molecule is COc1ccc(/C=C2/C=C(c3ccccc3)N(c3ccc(-c4ccccc4)cc3)C2=O)cc1. The number of anilines is 1. The summed E-state index contributed by atoms with van der Waals surface area (Å²) in [6, 6.07) is 36.1. The fraction of sp³-hybridized carbons (Fsp3) is 0.0333. The number of ether oxygens (including phenoxy) is 1. The van der Waals surface area contributed by atoms with Crippen LogP contribution in [0.15, 0.2) is 121 Å². The van der Waals surface area contributed by atoms with Crippen LogP contribution < -0.4 is 9.64 Å². The van der Waals surface area contributed by atoms with Crippen LogP contribution in [0.3, 0.4) is 0 Å². The van der Waals surface area contributed by atoms with E-state index in [1.54, 1.807) is 12.0 Å². The number of carbonyl (C=O) groups is 1. The van der Waals surface area contributed by atoms with Gasteiger partial charge in [0.25, 0.3) is 5.91 Å². The molecule has 3 nitrogen and oxygen atoms in total. The Morgan fingerprint density at radius 2 is 1.24 bits per heavy atom. The Balaban J connectivity index is 1.53. The van der Waals surface area contributed by atoms with Gasteiger partial charge in [0.1, 0.15) is 5.75 Å². The molecular weight excluding hydrogens is 406 g/mol. The molecule has 0 saturated carbocycles. The van der Waals surface area contributed by atoms with Gasteiger partial charge >= 0.3 is 0 Å². The van der Waals surface area contributed by atoms with Gasteiger partial charge < -0.3 is 4.74 Å². The van der Waals surface area contributed by atoms with Gasteiger partial charge in [-0.05, 0) is 58.7 Å². The van der Waals surface area contributed by atoms with Crippen molar-refractivity contribution in [3.05, 3.63) is 132 Å². The number of methoxy groups -OCH3 is 1. The molecule has 0 fully saturated rings. The van der Waals surface area contributed by atoms with E-state index < -0.39 is 0 Å². The third-order valence-corrected chi connectivity index (χ3v) is 5.72. The van der Waals surface area contributed by atoms with Crippen LogP contribution in [-0.4, -0.2) is 13.0 Å². The normalized spacial score (nSPS) is 14.5. The van der Waals surface area contributed by atoms with Gasteiger partial charge in [0.15, 0.2) is 0 Å². The highest BCUT2D eigenvalue weighted by molar-refractivity contribution is 6.23. The summed E-state index contributed by atoms with van der Waals surface area (Å²) in [7, 11) is 1.64. The Bertz CT molecular complexity index is 1320. The minimum atomic E-state index is -0.0443. The van der Waals surface area contributed by atoms with E-state index in [-0.39, 0.29) is 5.91 Å². The molecule has 0 radical (unpaired) electrons. The standard InChI is InChI=1S/C30H23NO2/c1-33-28-18-12-22(13-19-28)20-26-21-29(25-10-6-3-7-11-25)31(30(26)32)27-16-14-24(15-17-27)23-8-4-2-5-9-23/h2-21H,1H3/b26-20-. The zero-order valence-corrected chi connectivity index (χ0v) is 18.3. The number of amides is 1. The van der Waals surface area contributed by atoms with Crippen molar-refractivity contribution in [1.29, 1.82) is 0 Å². The maximum absolute atomic E-state index is 13.6. The van der Waals surface area contributed by atoms with Gasteiger partial charge in [0.05, 0.1) is 12.8 Å². The molecule has 3 heteroatoms. The number of nitrogens with zero attached hydrogens (tertiary/aromatic N) is 1. The maximum Gasteiger partial charge on any atom is 0.262 e. The van der Waals surface area contributed by atoms with Gasteiger partial charge in [-0.3, -0.25) is 9.69 Å². The molecule has 0 saturated heterocycles. The van der Waals surface area contributed by atoms with Crippen LogP contribution in [0.4, 0.5) is 5.69 Å². The molecule has 1 aliphatic heterocycles. The number of carbonyl (C=O) groups excluding carboxylic acids is 1. The highest BCUT2D eigenvalue weighted by atomic mass is 16.5. The topological polar surface area (TPSA) is 29.5 Å². The first kappa shape index (κ1) is 20.5. The quantitative estimate of drug-likeness (QED) is 0.325. The van der Waals surface area contributed by atoms with Crippen molar-refractivity contribution < 1.29 is 9.53 Å². The van der Waals surface area contributed by atoms with Gasteiger partial charge in [-0.2, -0.15) is 0 Å². The Morgan fingerprint density at radius 3 is 1.85 bits per heavy atom. The van der Waals surface area contributed by atoms with Crippen LogP contribution in [-0.2, 0) is 4.79 Å². The zero-order chi connectivity index (χ0) is 22.6. The first-order chi connectivity index (χ1) is 16.2. The van der Waals surface area contributed by atoms with Gasteiger partial charge in [-0.1, -0.05) is 84.9 Å². The second-order valence-corrected chi connectivity index (χ2v) is 7.82. The lowest BCUT2D eigenvalue weighted by Gasteiger charge is -2.21. The Morgan fingerprint density at radius 1 is 0.667 bits per heavy atom. The summed E-state index contributed by atoms with van der Waals surface area (Å²) in [5.74, 6) is 0.743. The van der Waals surface area contributed by atoms with Crippen molar-refractivity contribution in [2.24, 2.45) is 0 Å². The fourth-order valence-electron chi connectivity index (χ4n) is 4.01. The van der Waals surface area contributed by atoms with E-state index in [9.17, 15) is 4.79 Å². The van der Waals surface area contributed by atoms with E-state index >= 15 is 0 Å². The third-order valence-electron chi connectivity index (χ3n) is 5.72. The van der Waals surface area contributed by atoms with Crippen molar-refractivity contribution in [3.63, 3.8) is 0 Å². The van der Waals surface area contributed by atoms with Crippen LogP contribution in [0.1, 0.15) is 11.1 Å². The molecule has 0 aliphatic carbocycles. The molecule has 4 aromatic carbocycles. The largest absolute Gasteiger partial charge is 0.497 e. The Labute approximate surface area is 193 Å². The monoisotopic (exact) mass is 429 g/mol. The first-order valence-corrected chi connectivity index (χ1v) is 10.9. The molecule has 1 aliphatic rings. The molecule has 160 valence electrons. The van der Waals surface area contributed by atoms with Gasteiger partial charge in [-0.25, -0.2) is 0 Å². The molecule has 1 heterocycles. The van der Waals surface area contributed by atoms with Crippen molar-refractivity contribution in [2.45, 2.75) is 0 Å². The highest BCUT2D eigenvalue weighted by Gasteiger charge is 2.30. The van der Waals surface area contributed by atoms with Gasteiger partial charge in [-0.15, -0.1) is 0 Å². The average Bonchev–Trinajstić information content (AvgIpc) is 3.21. The second kappa shape index (κ2) is 9.01. The molecule has 5 rings (SSSR count). The molecule has 33 heavy (non-hydrogen) atoms. The van der Waals surface area contributed by atoms with E-state index in [4.69, 9.17) is 4.74 Å². The lowest BCUT2D eigenvalue weighted by atomic mass is 10.0. The number of rotatable bonds is 5. The second-order valence-electron chi connectivity index (χ2n) is 7.82. The van der Waals surface area contributed by atoms with Crippen LogP contribution in [0.2, 0.25) is 0 Å². The third kappa shape index (κ3) is 4.21. The molecule has 0 bridgehead atoms. The molecule has 0 N–H and O–H groups in total. The summed E-state index contributed by atoms with van der Waals surface area (Å²) in [4.78, 5) is 15.3. The molecule has 0 unspecified atom stereocenters. The van der Waals surface area contributed by atoms with Gasteiger partial charge in [0.2, 0.25) is 0 Å². The molecule has 0 aromatic heterocycles. The summed E-state index contributed by atoms with van der Waals surface area (Å²) in [5.41, 5.74) is 6.56. The predicted molar refractivity (Wildman–Crippen MR) is 135 cm³/mol. The minimum Gasteiger partial charge on any atom is -0.497 e. The van der Waals surface area contributed by atoms with Crippen molar-refractivity contribution in [2.75, 3.05) is 12.0 Å². The average molecular weight is 430 g/mol. The molecule has 4 aromatic rings. The van der Waals surface area contributed by atoms with Crippen molar-refractivity contribution in [1.82, 2.24) is 0 Å². The van der Waals surface area contributed by atoms with E-state index in [1.807, 2.05) is 97.1 Å². The lowest BCUT2D eigenvalue weighted by Crippen LogP contribution is -2.24. The Kier molecular flexibility index (Phi) is 5.61. The summed E-state index contributed by atoms with van der Waals surface area (Å²) >= 11 is 0. The smallest absolute Gasteiger partial charge is 0.262 e. The van der Waals surface area contributed by atoms with E-state index in [2.05, 4.69) is 24.3 Å². The van der Waals surface area contributed by atoms with E-state index in [0.717, 1.165) is 39.4 Å². The van der Waals surface area contributed by atoms with Gasteiger partial charge in [0, 0.05) is 11.3 Å². The molecule has 0 atom stereocenters. The van der Waals surface area contributed by atoms with E-state index in [0.29, 0.717) is 5.57 Å². The van der Waals surface area contributed by atoms with Crippen LogP contribution in [0.5, 0.6) is 5.75 Å². The minimum absolute atomic E-state index is 0.0443. The van der Waals surface area contributed by atoms with E-state index in [1.165, 1.54) is 0 Å². The predicted octanol–water partition coefficient (Wildman–Crippen LogP) is 6.83. The summed E-state index contributed by atoms with van der Waals surface area (Å²) < 4.78 is 5.24. The van der Waals surface area contributed by atoms with Crippen LogP contribution >= 0.6 is 0 Å². The maximum atomic E-state index is 13.6. The number of hydrogen-bond donors (Lipinski definition) is 0.